The van der Waals surface area contributed by atoms with E-state index in [1.807, 2.05) is 25.1 Å². The summed E-state index contributed by atoms with van der Waals surface area (Å²) in [6.45, 7) is 2.31. The molecule has 8 heteroatoms. The van der Waals surface area contributed by atoms with Gasteiger partial charge in [0.2, 0.25) is 0 Å². The van der Waals surface area contributed by atoms with Crippen molar-refractivity contribution in [3.05, 3.63) is 101 Å². The van der Waals surface area contributed by atoms with Gasteiger partial charge in [-0.05, 0) is 60.0 Å². The second kappa shape index (κ2) is 9.44. The van der Waals surface area contributed by atoms with Crippen LogP contribution in [0.2, 0.25) is 0 Å². The van der Waals surface area contributed by atoms with E-state index < -0.39 is 0 Å². The highest BCUT2D eigenvalue weighted by Crippen LogP contribution is 2.28. The molecule has 4 aromatic rings. The predicted molar refractivity (Wildman–Crippen MR) is 116 cm³/mol. The van der Waals surface area contributed by atoms with Crippen molar-refractivity contribution in [3.63, 3.8) is 0 Å². The molecule has 0 spiro atoms. The van der Waals surface area contributed by atoms with Crippen LogP contribution in [0.15, 0.2) is 67.0 Å². The van der Waals surface area contributed by atoms with Crippen LogP contribution in [0, 0.1) is 12.7 Å². The molecule has 0 aliphatic carbocycles. The molecule has 1 N–H and O–H groups in total. The maximum absolute atomic E-state index is 13.1. The number of aryl methyl sites for hydroxylation is 1. The van der Waals surface area contributed by atoms with E-state index in [1.54, 1.807) is 36.7 Å². The maximum Gasteiger partial charge on any atom is 0.298 e. The van der Waals surface area contributed by atoms with E-state index in [1.165, 1.54) is 12.1 Å². The van der Waals surface area contributed by atoms with Gasteiger partial charge in [-0.3, -0.25) is 9.78 Å². The number of nitrogens with one attached hydrogen (secondary N) is 1. The normalized spacial score (nSPS) is 10.6. The van der Waals surface area contributed by atoms with Crippen LogP contribution in [0.25, 0.3) is 0 Å². The fourth-order valence-corrected chi connectivity index (χ4v) is 3.43. The van der Waals surface area contributed by atoms with Crippen LogP contribution in [-0.2, 0) is 13.0 Å². The highest BCUT2D eigenvalue weighted by Gasteiger charge is 2.12. The van der Waals surface area contributed by atoms with Gasteiger partial charge in [0.25, 0.3) is 11.1 Å². The number of carbonyl (C=O) groups is 1. The first-order chi connectivity index (χ1) is 15.1. The lowest BCUT2D eigenvalue weighted by atomic mass is 10.1. The molecule has 0 aliphatic rings. The Morgan fingerprint density at radius 2 is 1.84 bits per heavy atom. The van der Waals surface area contributed by atoms with Crippen LogP contribution in [0.3, 0.4) is 0 Å². The average Bonchev–Trinajstić information content (AvgIpc) is 3.22. The summed E-state index contributed by atoms with van der Waals surface area (Å²) in [5.74, 6) is 0.659. The lowest BCUT2D eigenvalue weighted by Crippen LogP contribution is -2.22. The lowest BCUT2D eigenvalue weighted by molar-refractivity contribution is 0.0950. The Labute approximate surface area is 182 Å². The average molecular weight is 434 g/mol. The number of halogens is 1. The van der Waals surface area contributed by atoms with Gasteiger partial charge in [-0.25, -0.2) is 4.39 Å². The molecule has 0 fully saturated rings. The van der Waals surface area contributed by atoms with Crippen molar-refractivity contribution < 1.29 is 13.9 Å². The minimum absolute atomic E-state index is 0.198. The van der Waals surface area contributed by atoms with Crippen LogP contribution < -0.4 is 10.1 Å². The van der Waals surface area contributed by atoms with Crippen LogP contribution in [0.4, 0.5) is 4.39 Å². The Morgan fingerprint density at radius 3 is 2.61 bits per heavy atom. The number of rotatable bonds is 7. The summed E-state index contributed by atoms with van der Waals surface area (Å²) in [5.41, 5.74) is 3.25. The van der Waals surface area contributed by atoms with Crippen molar-refractivity contribution in [1.29, 1.82) is 0 Å². The third-order valence-electron chi connectivity index (χ3n) is 4.57. The van der Waals surface area contributed by atoms with Gasteiger partial charge in [0, 0.05) is 42.5 Å². The van der Waals surface area contributed by atoms with Gasteiger partial charge in [-0.2, -0.15) is 9.36 Å². The molecule has 4 rings (SSSR count). The van der Waals surface area contributed by atoms with Gasteiger partial charge >= 0.3 is 0 Å². The minimum Gasteiger partial charge on any atom is -0.430 e. The molecule has 31 heavy (non-hydrogen) atoms. The van der Waals surface area contributed by atoms with Crippen molar-refractivity contribution in [3.8, 4) is 10.9 Å². The molecule has 2 aromatic carbocycles. The molecule has 0 saturated heterocycles. The second-order valence-electron chi connectivity index (χ2n) is 6.90. The molecule has 1 amide bonds. The second-order valence-corrected chi connectivity index (χ2v) is 7.61. The van der Waals surface area contributed by atoms with E-state index in [0.29, 0.717) is 35.3 Å². The van der Waals surface area contributed by atoms with E-state index in [4.69, 9.17) is 4.74 Å². The van der Waals surface area contributed by atoms with Crippen molar-refractivity contribution in [2.45, 2.75) is 19.9 Å². The van der Waals surface area contributed by atoms with Gasteiger partial charge < -0.3 is 10.1 Å². The number of benzene rings is 2. The Kier molecular flexibility index (Phi) is 6.28. The molecule has 2 aromatic heterocycles. The summed E-state index contributed by atoms with van der Waals surface area (Å²) in [6, 6.07) is 15.2. The van der Waals surface area contributed by atoms with Gasteiger partial charge in [0.15, 0.2) is 5.82 Å². The predicted octanol–water partition coefficient (Wildman–Crippen LogP) is 4.69. The van der Waals surface area contributed by atoms with E-state index >= 15 is 0 Å². The van der Waals surface area contributed by atoms with Gasteiger partial charge in [0.1, 0.15) is 11.6 Å². The zero-order valence-electron chi connectivity index (χ0n) is 16.7. The fraction of sp³-hybridized carbons (Fsp3) is 0.130. The summed E-state index contributed by atoms with van der Waals surface area (Å²) in [5, 5.41) is 3.27. The molecule has 156 valence electrons. The molecule has 0 radical (unpaired) electrons. The molecular weight excluding hydrogens is 415 g/mol. The summed E-state index contributed by atoms with van der Waals surface area (Å²) in [6.07, 6.45) is 3.86. The number of hydrogen-bond donors (Lipinski definition) is 1. The third-order valence-corrected chi connectivity index (χ3v) is 5.21. The smallest absolute Gasteiger partial charge is 0.298 e. The monoisotopic (exact) mass is 434 g/mol. The third kappa shape index (κ3) is 5.49. The summed E-state index contributed by atoms with van der Waals surface area (Å²) >= 11 is 1.13. The molecule has 0 aliphatic heterocycles. The summed E-state index contributed by atoms with van der Waals surface area (Å²) in [4.78, 5) is 20.9. The standard InChI is InChI=1S/C23H19FN4O2S/c1-15-2-5-18(22(29)26-14-17-8-10-25-11-9-17)13-20(15)30-23-27-21(28-31-23)12-16-3-6-19(24)7-4-16/h2-11,13H,12,14H2,1H3,(H,26,29). The van der Waals surface area contributed by atoms with Gasteiger partial charge in [-0.1, -0.05) is 18.2 Å². The number of carbonyl (C=O) groups excluding carboxylic acids is 1. The van der Waals surface area contributed by atoms with Gasteiger partial charge in [-0.15, -0.1) is 0 Å². The Hall–Kier alpha value is -3.65. The number of ether oxygens (including phenoxy) is 1. The fourth-order valence-electron chi connectivity index (χ4n) is 2.87. The molecule has 0 bridgehead atoms. The molecule has 0 saturated carbocycles. The van der Waals surface area contributed by atoms with E-state index in [9.17, 15) is 9.18 Å². The highest BCUT2D eigenvalue weighted by molar-refractivity contribution is 7.07. The van der Waals surface area contributed by atoms with Crippen molar-refractivity contribution in [2.24, 2.45) is 0 Å². The Balaban J connectivity index is 1.42. The lowest BCUT2D eigenvalue weighted by Gasteiger charge is -2.09. The number of hydrogen-bond acceptors (Lipinski definition) is 6. The van der Waals surface area contributed by atoms with E-state index in [-0.39, 0.29) is 11.7 Å². The molecule has 2 heterocycles. The SMILES string of the molecule is Cc1ccc(C(=O)NCc2ccncc2)cc1Oc1nc(Cc2ccc(F)cc2)ns1. The zero-order chi connectivity index (χ0) is 21.6. The largest absolute Gasteiger partial charge is 0.430 e. The Bertz CT molecular complexity index is 1180. The topological polar surface area (TPSA) is 77.0 Å². The first kappa shape index (κ1) is 20.6. The number of pyridine rings is 1. The van der Waals surface area contributed by atoms with Crippen LogP contribution in [0.1, 0.15) is 32.9 Å². The Morgan fingerprint density at radius 1 is 1.06 bits per heavy atom. The summed E-state index contributed by atoms with van der Waals surface area (Å²) < 4.78 is 23.3. The van der Waals surface area contributed by atoms with Gasteiger partial charge in [0.05, 0.1) is 0 Å². The first-order valence-corrected chi connectivity index (χ1v) is 10.4. The maximum atomic E-state index is 13.1. The van der Waals surface area contributed by atoms with Crippen LogP contribution in [0.5, 0.6) is 10.9 Å². The molecule has 6 nitrogen and oxygen atoms in total. The molecule has 0 unspecified atom stereocenters. The quantitative estimate of drug-likeness (QED) is 0.456. The van der Waals surface area contributed by atoms with E-state index in [2.05, 4.69) is 19.7 Å². The highest BCUT2D eigenvalue weighted by atomic mass is 32.1. The minimum atomic E-state index is -0.279. The zero-order valence-corrected chi connectivity index (χ0v) is 17.5. The number of aromatic nitrogens is 3. The first-order valence-electron chi connectivity index (χ1n) is 9.59. The summed E-state index contributed by atoms with van der Waals surface area (Å²) in [7, 11) is 0. The molecular formula is C23H19FN4O2S. The van der Waals surface area contributed by atoms with Crippen LogP contribution in [-0.4, -0.2) is 20.2 Å². The number of nitrogens with zero attached hydrogens (tertiary/aromatic N) is 3. The van der Waals surface area contributed by atoms with Crippen molar-refractivity contribution in [1.82, 2.24) is 19.7 Å². The van der Waals surface area contributed by atoms with Crippen molar-refractivity contribution in [2.75, 3.05) is 0 Å². The van der Waals surface area contributed by atoms with Crippen molar-refractivity contribution >= 4 is 17.4 Å². The van der Waals surface area contributed by atoms with E-state index in [0.717, 1.165) is 28.2 Å². The van der Waals surface area contributed by atoms with Crippen LogP contribution >= 0.6 is 11.5 Å². The number of amides is 1. The molecule has 0 atom stereocenters.